The molecular formula is C25H18Cl2IN3O4. The van der Waals surface area contributed by atoms with Gasteiger partial charge in [0.25, 0.3) is 11.8 Å². The van der Waals surface area contributed by atoms with Crippen molar-refractivity contribution in [3.05, 3.63) is 85.4 Å². The molecule has 0 aromatic heterocycles. The Morgan fingerprint density at radius 2 is 1.77 bits per heavy atom. The summed E-state index contributed by atoms with van der Waals surface area (Å²) < 4.78 is 11.7. The highest BCUT2D eigenvalue weighted by Gasteiger charge is 2.15. The molecular weight excluding hydrogens is 604 g/mol. The lowest BCUT2D eigenvalue weighted by Crippen LogP contribution is -2.20. The van der Waals surface area contributed by atoms with Gasteiger partial charge in [-0.1, -0.05) is 29.3 Å². The number of methoxy groups -OCH3 is 1. The largest absolute Gasteiger partial charge is 0.493 e. The molecule has 3 rings (SSSR count). The van der Waals surface area contributed by atoms with E-state index in [0.29, 0.717) is 42.1 Å². The van der Waals surface area contributed by atoms with Crippen LogP contribution in [0.4, 0.5) is 11.4 Å². The molecule has 0 unspecified atom stereocenters. The summed E-state index contributed by atoms with van der Waals surface area (Å²) in [7, 11) is 1.45. The number of ether oxygens (including phenoxy) is 2. The number of hydrogen-bond donors (Lipinski definition) is 2. The molecule has 2 amide bonds. The summed E-state index contributed by atoms with van der Waals surface area (Å²) in [5.41, 5.74) is 1.49. The first-order chi connectivity index (χ1) is 16.8. The second-order valence-electron chi connectivity index (χ2n) is 7.01. The molecule has 3 aromatic rings. The second kappa shape index (κ2) is 12.4. The average Bonchev–Trinajstić information content (AvgIpc) is 2.82. The first kappa shape index (κ1) is 26.3. The van der Waals surface area contributed by atoms with E-state index >= 15 is 0 Å². The Balaban J connectivity index is 1.73. The van der Waals surface area contributed by atoms with Crippen LogP contribution >= 0.6 is 45.8 Å². The van der Waals surface area contributed by atoms with Crippen molar-refractivity contribution in [1.29, 1.82) is 5.26 Å². The maximum Gasteiger partial charge on any atom is 0.266 e. The molecule has 178 valence electrons. The zero-order valence-corrected chi connectivity index (χ0v) is 21.9. The van der Waals surface area contributed by atoms with Crippen LogP contribution in [0.2, 0.25) is 10.0 Å². The van der Waals surface area contributed by atoms with Crippen LogP contribution in [0.3, 0.4) is 0 Å². The summed E-state index contributed by atoms with van der Waals surface area (Å²) in [5, 5.41) is 15.9. The number of carbonyl (C=O) groups is 2. The molecule has 0 saturated heterocycles. The molecule has 3 aromatic carbocycles. The highest BCUT2D eigenvalue weighted by Crippen LogP contribution is 2.34. The topological polar surface area (TPSA) is 100 Å². The van der Waals surface area contributed by atoms with Crippen molar-refractivity contribution in [2.45, 2.75) is 0 Å². The van der Waals surface area contributed by atoms with Crippen LogP contribution < -0.4 is 20.1 Å². The normalized spacial score (nSPS) is 10.8. The van der Waals surface area contributed by atoms with E-state index in [1.54, 1.807) is 60.7 Å². The number of hydrogen-bond acceptors (Lipinski definition) is 5. The lowest BCUT2D eigenvalue weighted by Gasteiger charge is -2.14. The Kier molecular flexibility index (Phi) is 9.37. The molecule has 0 fully saturated rings. The van der Waals surface area contributed by atoms with Crippen LogP contribution in [0.1, 0.15) is 5.56 Å². The van der Waals surface area contributed by atoms with Gasteiger partial charge in [-0.3, -0.25) is 9.59 Å². The van der Waals surface area contributed by atoms with Gasteiger partial charge in [0.05, 0.1) is 10.7 Å². The molecule has 0 spiro atoms. The Morgan fingerprint density at radius 3 is 2.43 bits per heavy atom. The second-order valence-corrected chi connectivity index (χ2v) is 9.05. The van der Waals surface area contributed by atoms with Crippen LogP contribution in [-0.2, 0) is 9.59 Å². The molecule has 35 heavy (non-hydrogen) atoms. The van der Waals surface area contributed by atoms with E-state index in [0.717, 1.165) is 0 Å². The molecule has 0 aliphatic rings. The predicted octanol–water partition coefficient (Wildman–Crippen LogP) is 6.17. The summed E-state index contributed by atoms with van der Waals surface area (Å²) in [6.07, 6.45) is 1.43. The minimum Gasteiger partial charge on any atom is -0.493 e. The molecule has 0 radical (unpaired) electrons. The number of carbonyl (C=O) groups excluding carboxylic acids is 2. The summed E-state index contributed by atoms with van der Waals surface area (Å²) in [6, 6.07) is 18.5. The fourth-order valence-corrected chi connectivity index (χ4v) is 4.01. The van der Waals surface area contributed by atoms with Gasteiger partial charge in [-0.2, -0.15) is 5.26 Å². The van der Waals surface area contributed by atoms with Crippen LogP contribution in [0, 0.1) is 14.9 Å². The first-order valence-electron chi connectivity index (χ1n) is 10.0. The van der Waals surface area contributed by atoms with Crippen LogP contribution in [0.15, 0.2) is 66.2 Å². The zero-order valence-electron chi connectivity index (χ0n) is 18.3. The smallest absolute Gasteiger partial charge is 0.266 e. The SMILES string of the molecule is COc1cc(/C=C(\C#N)C(=O)Nc2cccc(Cl)c2)cc(I)c1OCC(=O)Nc1ccc(Cl)cc1. The van der Waals surface area contributed by atoms with E-state index in [1.807, 2.05) is 28.7 Å². The summed E-state index contributed by atoms with van der Waals surface area (Å²) in [4.78, 5) is 24.8. The number of amides is 2. The predicted molar refractivity (Wildman–Crippen MR) is 145 cm³/mol. The first-order valence-corrected chi connectivity index (χ1v) is 11.9. The zero-order chi connectivity index (χ0) is 25.4. The molecule has 0 heterocycles. The van der Waals surface area contributed by atoms with E-state index in [9.17, 15) is 14.9 Å². The minimum absolute atomic E-state index is 0.112. The van der Waals surface area contributed by atoms with Crippen molar-refractivity contribution < 1.29 is 19.1 Å². The quantitative estimate of drug-likeness (QED) is 0.178. The van der Waals surface area contributed by atoms with Crippen molar-refractivity contribution in [2.75, 3.05) is 24.4 Å². The van der Waals surface area contributed by atoms with Gasteiger partial charge in [0.15, 0.2) is 18.1 Å². The van der Waals surface area contributed by atoms with Crippen molar-refractivity contribution in [2.24, 2.45) is 0 Å². The maximum absolute atomic E-state index is 12.6. The van der Waals surface area contributed by atoms with Gasteiger partial charge in [0, 0.05) is 21.4 Å². The Morgan fingerprint density at radius 1 is 1.03 bits per heavy atom. The molecule has 0 atom stereocenters. The molecule has 2 N–H and O–H groups in total. The van der Waals surface area contributed by atoms with Crippen LogP contribution in [0.5, 0.6) is 11.5 Å². The fourth-order valence-electron chi connectivity index (χ4n) is 2.91. The number of nitrogens with zero attached hydrogens (tertiary/aromatic N) is 1. The minimum atomic E-state index is -0.581. The molecule has 10 heteroatoms. The summed E-state index contributed by atoms with van der Waals surface area (Å²) >= 11 is 13.8. The summed E-state index contributed by atoms with van der Waals surface area (Å²) in [6.45, 7) is -0.254. The average molecular weight is 622 g/mol. The van der Waals surface area contributed by atoms with Gasteiger partial charge in [-0.05, 0) is 88.8 Å². The molecule has 7 nitrogen and oxygen atoms in total. The highest BCUT2D eigenvalue weighted by molar-refractivity contribution is 14.1. The van der Waals surface area contributed by atoms with Crippen molar-refractivity contribution >= 4 is 75.1 Å². The van der Waals surface area contributed by atoms with E-state index in [4.69, 9.17) is 32.7 Å². The van der Waals surface area contributed by atoms with E-state index in [2.05, 4.69) is 10.6 Å². The Labute approximate surface area is 225 Å². The van der Waals surface area contributed by atoms with Crippen LogP contribution in [0.25, 0.3) is 6.08 Å². The number of nitrogens with one attached hydrogen (secondary N) is 2. The third kappa shape index (κ3) is 7.62. The standard InChI is InChI=1S/C25H18Cl2IN3O4/c1-34-22-11-15(9-16(13-29)25(33)31-20-4-2-3-18(27)12-20)10-21(28)24(22)35-14-23(32)30-19-7-5-17(26)6-8-19/h2-12H,14H2,1H3,(H,30,32)(H,31,33)/b16-9+. The fraction of sp³-hybridized carbons (Fsp3) is 0.0800. The van der Waals surface area contributed by atoms with Gasteiger partial charge in [-0.25, -0.2) is 0 Å². The van der Waals surface area contributed by atoms with Gasteiger partial charge >= 0.3 is 0 Å². The lowest BCUT2D eigenvalue weighted by molar-refractivity contribution is -0.118. The monoisotopic (exact) mass is 621 g/mol. The number of halogens is 3. The number of benzene rings is 3. The van der Waals surface area contributed by atoms with Gasteiger partial charge in [0.1, 0.15) is 11.6 Å². The third-order valence-corrected chi connectivity index (χ3v) is 5.77. The number of anilines is 2. The Bertz CT molecular complexity index is 1320. The lowest BCUT2D eigenvalue weighted by atomic mass is 10.1. The van der Waals surface area contributed by atoms with E-state index < -0.39 is 5.91 Å². The van der Waals surface area contributed by atoms with Crippen molar-refractivity contribution in [1.82, 2.24) is 0 Å². The van der Waals surface area contributed by atoms with Crippen molar-refractivity contribution in [3.63, 3.8) is 0 Å². The molecule has 0 aliphatic heterocycles. The maximum atomic E-state index is 12.6. The van der Waals surface area contributed by atoms with Gasteiger partial charge < -0.3 is 20.1 Å². The molecule has 0 aliphatic carbocycles. The van der Waals surface area contributed by atoms with Gasteiger partial charge in [0.2, 0.25) is 0 Å². The molecule has 0 bridgehead atoms. The third-order valence-electron chi connectivity index (χ3n) is 4.49. The highest BCUT2D eigenvalue weighted by atomic mass is 127. The van der Waals surface area contributed by atoms with E-state index in [-0.39, 0.29) is 18.1 Å². The summed E-state index contributed by atoms with van der Waals surface area (Å²) in [5.74, 6) is -0.241. The van der Waals surface area contributed by atoms with Gasteiger partial charge in [-0.15, -0.1) is 0 Å². The number of rotatable bonds is 8. The van der Waals surface area contributed by atoms with E-state index in [1.165, 1.54) is 13.2 Å². The Hall–Kier alpha value is -3.26. The van der Waals surface area contributed by atoms with Crippen molar-refractivity contribution in [3.8, 4) is 17.6 Å². The van der Waals surface area contributed by atoms with Crippen LogP contribution in [-0.4, -0.2) is 25.5 Å². The molecule has 0 saturated carbocycles. The number of nitriles is 1.